The maximum absolute atomic E-state index is 11.4. The van der Waals surface area contributed by atoms with Gasteiger partial charge in [0.15, 0.2) is 5.79 Å². The van der Waals surface area contributed by atoms with Gasteiger partial charge in [-0.05, 0) is 41.4 Å². The van der Waals surface area contributed by atoms with Crippen LogP contribution in [0.5, 0.6) is 0 Å². The third-order valence-corrected chi connectivity index (χ3v) is 12.5. The van der Waals surface area contributed by atoms with Crippen LogP contribution in [0, 0.1) is 0 Å². The summed E-state index contributed by atoms with van der Waals surface area (Å²) in [6.45, 7) is 10.6. The number of hydrogen-bond acceptors (Lipinski definition) is 5. The summed E-state index contributed by atoms with van der Waals surface area (Å²) in [5, 5.41) is 13.6. The van der Waals surface area contributed by atoms with E-state index >= 15 is 0 Å². The Morgan fingerprint density at radius 3 is 1.83 bits per heavy atom. The second-order valence-electron chi connectivity index (χ2n) is 10.4. The Morgan fingerprint density at radius 2 is 1.34 bits per heavy atom. The molecule has 4 rings (SSSR count). The molecule has 35 heavy (non-hydrogen) atoms. The Morgan fingerprint density at radius 1 is 0.857 bits per heavy atom. The molecule has 3 aromatic carbocycles. The SMILES string of the molecule is CC1(C)OC(Sc2ccccc2)C(C(O)CO[Si](c2ccccc2)(c2ccccc2)C(C)(C)C)O1. The molecule has 0 bridgehead atoms. The van der Waals surface area contributed by atoms with Crippen LogP contribution in [-0.4, -0.2) is 43.5 Å². The number of rotatable bonds is 8. The molecule has 1 heterocycles. The van der Waals surface area contributed by atoms with Crippen LogP contribution in [0.1, 0.15) is 34.6 Å². The second-order valence-corrected chi connectivity index (χ2v) is 15.9. The first-order valence-corrected chi connectivity index (χ1v) is 14.9. The molecule has 3 aromatic rings. The van der Waals surface area contributed by atoms with E-state index in [0.717, 1.165) is 4.90 Å². The molecule has 0 spiro atoms. The molecular formula is C29H36O4SSi. The predicted octanol–water partition coefficient (Wildman–Crippen LogP) is 5.19. The number of aliphatic hydroxyl groups is 1. The smallest absolute Gasteiger partial charge is 0.261 e. The molecule has 1 saturated heterocycles. The topological polar surface area (TPSA) is 47.9 Å². The first kappa shape index (κ1) is 26.1. The van der Waals surface area contributed by atoms with Gasteiger partial charge in [-0.15, -0.1) is 0 Å². The lowest BCUT2D eigenvalue weighted by Crippen LogP contribution is -2.67. The number of benzene rings is 3. The van der Waals surface area contributed by atoms with Crippen molar-refractivity contribution in [1.82, 2.24) is 0 Å². The largest absolute Gasteiger partial charge is 0.405 e. The van der Waals surface area contributed by atoms with Crippen LogP contribution in [0.25, 0.3) is 0 Å². The van der Waals surface area contributed by atoms with Gasteiger partial charge in [-0.25, -0.2) is 0 Å². The molecule has 0 amide bonds. The zero-order valence-electron chi connectivity index (χ0n) is 21.2. The summed E-state index contributed by atoms with van der Waals surface area (Å²) >= 11 is 1.57. The number of ether oxygens (including phenoxy) is 2. The summed E-state index contributed by atoms with van der Waals surface area (Å²) in [6, 6.07) is 31.0. The Kier molecular flexibility index (Phi) is 7.91. The standard InChI is InChI=1S/C29H36O4SSi/c1-28(2,3)35(23-17-11-7-12-18-23,24-19-13-8-14-20-24)31-21-25(30)26-27(33-29(4,5)32-26)34-22-15-9-6-10-16-22/h6-20,25-27,30H,21H2,1-5H3. The third-order valence-electron chi connectivity index (χ3n) is 6.35. The van der Waals surface area contributed by atoms with Gasteiger partial charge >= 0.3 is 0 Å². The van der Waals surface area contributed by atoms with Gasteiger partial charge in [0.05, 0.1) is 6.61 Å². The zero-order chi connectivity index (χ0) is 25.1. The van der Waals surface area contributed by atoms with Crippen molar-refractivity contribution < 1.29 is 19.0 Å². The summed E-state index contributed by atoms with van der Waals surface area (Å²) < 4.78 is 19.3. The van der Waals surface area contributed by atoms with E-state index in [1.54, 1.807) is 11.8 Å². The molecule has 3 unspecified atom stereocenters. The summed E-state index contributed by atoms with van der Waals surface area (Å²) in [7, 11) is -2.76. The molecule has 1 aliphatic rings. The fraction of sp³-hybridized carbons (Fsp3) is 0.379. The molecule has 6 heteroatoms. The first-order chi connectivity index (χ1) is 16.6. The normalized spacial score (nSPS) is 21.1. The molecular weight excluding hydrogens is 472 g/mol. The molecule has 0 saturated carbocycles. The van der Waals surface area contributed by atoms with Gasteiger partial charge in [-0.3, -0.25) is 0 Å². The van der Waals surface area contributed by atoms with E-state index < -0.39 is 26.3 Å². The Bertz CT molecular complexity index is 1030. The van der Waals surface area contributed by atoms with Crippen LogP contribution in [0.4, 0.5) is 0 Å². The summed E-state index contributed by atoms with van der Waals surface area (Å²) in [4.78, 5) is 1.07. The summed E-state index contributed by atoms with van der Waals surface area (Å²) in [6.07, 6.45) is -1.37. The van der Waals surface area contributed by atoms with Crippen molar-refractivity contribution in [2.75, 3.05) is 6.61 Å². The minimum Gasteiger partial charge on any atom is -0.405 e. The highest BCUT2D eigenvalue weighted by molar-refractivity contribution is 7.99. The van der Waals surface area contributed by atoms with Gasteiger partial charge in [0.1, 0.15) is 17.6 Å². The van der Waals surface area contributed by atoms with E-state index in [2.05, 4.69) is 69.3 Å². The highest BCUT2D eigenvalue weighted by Crippen LogP contribution is 2.40. The van der Waals surface area contributed by atoms with E-state index in [9.17, 15) is 5.11 Å². The lowest BCUT2D eigenvalue weighted by molar-refractivity contribution is -0.154. The fourth-order valence-electron chi connectivity index (χ4n) is 4.81. The van der Waals surface area contributed by atoms with E-state index in [4.69, 9.17) is 13.9 Å². The van der Waals surface area contributed by atoms with Crippen molar-refractivity contribution >= 4 is 30.5 Å². The van der Waals surface area contributed by atoms with Crippen molar-refractivity contribution in [1.29, 1.82) is 0 Å². The zero-order valence-corrected chi connectivity index (χ0v) is 23.0. The van der Waals surface area contributed by atoms with E-state index in [-0.39, 0.29) is 17.1 Å². The quantitative estimate of drug-likeness (QED) is 0.424. The van der Waals surface area contributed by atoms with Crippen LogP contribution < -0.4 is 10.4 Å². The second kappa shape index (κ2) is 10.6. The Labute approximate surface area is 214 Å². The maximum atomic E-state index is 11.4. The van der Waals surface area contributed by atoms with Crippen molar-refractivity contribution in [3.63, 3.8) is 0 Å². The van der Waals surface area contributed by atoms with Gasteiger partial charge in [0.2, 0.25) is 0 Å². The monoisotopic (exact) mass is 508 g/mol. The lowest BCUT2D eigenvalue weighted by Gasteiger charge is -2.43. The predicted molar refractivity (Wildman–Crippen MR) is 146 cm³/mol. The Hall–Kier alpha value is -1.93. The van der Waals surface area contributed by atoms with Crippen LogP contribution in [0.2, 0.25) is 5.04 Å². The molecule has 4 nitrogen and oxygen atoms in total. The highest BCUT2D eigenvalue weighted by Gasteiger charge is 2.52. The van der Waals surface area contributed by atoms with Crippen LogP contribution in [0.3, 0.4) is 0 Å². The van der Waals surface area contributed by atoms with Crippen molar-refractivity contribution in [3.05, 3.63) is 91.0 Å². The van der Waals surface area contributed by atoms with Crippen molar-refractivity contribution in [2.24, 2.45) is 0 Å². The fourth-order valence-corrected chi connectivity index (χ4v) is 10.6. The van der Waals surface area contributed by atoms with E-state index in [1.807, 2.05) is 56.3 Å². The first-order valence-electron chi connectivity index (χ1n) is 12.1. The highest BCUT2D eigenvalue weighted by atomic mass is 32.2. The maximum Gasteiger partial charge on any atom is 0.261 e. The number of hydrogen-bond donors (Lipinski definition) is 1. The average molecular weight is 509 g/mol. The minimum absolute atomic E-state index is 0.156. The molecule has 1 fully saturated rings. The molecule has 0 radical (unpaired) electrons. The molecule has 186 valence electrons. The van der Waals surface area contributed by atoms with Gasteiger partial charge in [-0.1, -0.05) is 111 Å². The lowest BCUT2D eigenvalue weighted by atomic mass is 10.2. The summed E-state index contributed by atoms with van der Waals surface area (Å²) in [5.74, 6) is -0.782. The molecule has 1 aliphatic heterocycles. The van der Waals surface area contributed by atoms with Gasteiger partial charge < -0.3 is 19.0 Å². The average Bonchev–Trinajstić information content (AvgIpc) is 3.14. The molecule has 0 aromatic heterocycles. The minimum atomic E-state index is -2.76. The van der Waals surface area contributed by atoms with E-state index in [1.165, 1.54) is 10.4 Å². The Balaban J connectivity index is 1.63. The van der Waals surface area contributed by atoms with Crippen molar-refractivity contribution in [2.45, 2.75) is 68.0 Å². The van der Waals surface area contributed by atoms with Crippen LogP contribution in [-0.2, 0) is 13.9 Å². The van der Waals surface area contributed by atoms with Crippen LogP contribution in [0.15, 0.2) is 95.9 Å². The van der Waals surface area contributed by atoms with E-state index in [0.29, 0.717) is 0 Å². The van der Waals surface area contributed by atoms with Gasteiger partial charge in [0.25, 0.3) is 8.32 Å². The number of thioether (sulfide) groups is 1. The van der Waals surface area contributed by atoms with Crippen LogP contribution >= 0.6 is 11.8 Å². The summed E-state index contributed by atoms with van der Waals surface area (Å²) in [5.41, 5.74) is -0.342. The molecule has 0 aliphatic carbocycles. The van der Waals surface area contributed by atoms with Crippen molar-refractivity contribution in [3.8, 4) is 0 Å². The number of aliphatic hydroxyl groups excluding tert-OH is 1. The molecule has 1 N–H and O–H groups in total. The van der Waals surface area contributed by atoms with Gasteiger partial charge in [-0.2, -0.15) is 0 Å². The molecule has 3 atom stereocenters. The van der Waals surface area contributed by atoms with Gasteiger partial charge in [0, 0.05) is 4.90 Å². The third kappa shape index (κ3) is 5.74.